The summed E-state index contributed by atoms with van der Waals surface area (Å²) in [5.74, 6) is 1.26. The van der Waals surface area contributed by atoms with Crippen LogP contribution in [0.3, 0.4) is 0 Å². The molecular formula is C17H32IN5O3S. The fourth-order valence-corrected chi connectivity index (χ4v) is 5.36. The molecule has 1 aliphatic carbocycles. The number of piperazine rings is 1. The first kappa shape index (κ1) is 22.7. The molecule has 3 N–H and O–H groups in total. The molecule has 10 heteroatoms. The molecule has 0 spiro atoms. The minimum atomic E-state index is -2.86. The van der Waals surface area contributed by atoms with Crippen LogP contribution in [0.4, 0.5) is 0 Å². The van der Waals surface area contributed by atoms with Crippen molar-refractivity contribution in [1.29, 1.82) is 0 Å². The Morgan fingerprint density at radius 2 is 1.81 bits per heavy atom. The average molecular weight is 513 g/mol. The summed E-state index contributed by atoms with van der Waals surface area (Å²) in [4.78, 5) is 20.8. The molecule has 1 unspecified atom stereocenters. The molecule has 3 fully saturated rings. The first-order valence-electron chi connectivity index (χ1n) is 9.49. The first-order chi connectivity index (χ1) is 12.2. The third-order valence-electron chi connectivity index (χ3n) is 5.71. The Morgan fingerprint density at radius 3 is 2.30 bits per heavy atom. The maximum atomic E-state index is 11.7. The van der Waals surface area contributed by atoms with E-state index in [9.17, 15) is 13.2 Å². The fraction of sp³-hybridized carbons (Fsp3) is 0.882. The van der Waals surface area contributed by atoms with Gasteiger partial charge >= 0.3 is 0 Å². The molecule has 0 aromatic carbocycles. The van der Waals surface area contributed by atoms with Gasteiger partial charge < -0.3 is 16.0 Å². The number of nitrogens with two attached hydrogens (primary N) is 1. The minimum absolute atomic E-state index is 0. The summed E-state index contributed by atoms with van der Waals surface area (Å²) in [6.45, 7) is 7.34. The number of rotatable bonds is 5. The van der Waals surface area contributed by atoms with Crippen molar-refractivity contribution in [3.8, 4) is 0 Å². The van der Waals surface area contributed by atoms with E-state index in [0.717, 1.165) is 45.0 Å². The molecule has 3 rings (SSSR count). The monoisotopic (exact) mass is 513 g/mol. The van der Waals surface area contributed by atoms with E-state index in [4.69, 9.17) is 10.7 Å². The normalized spacial score (nSPS) is 26.5. The van der Waals surface area contributed by atoms with Crippen molar-refractivity contribution in [2.45, 2.75) is 44.7 Å². The van der Waals surface area contributed by atoms with Crippen molar-refractivity contribution >= 4 is 45.7 Å². The molecule has 0 aromatic heterocycles. The van der Waals surface area contributed by atoms with Crippen LogP contribution in [0.5, 0.6) is 0 Å². The lowest BCUT2D eigenvalue weighted by molar-refractivity contribution is -0.129. The second-order valence-electron chi connectivity index (χ2n) is 8.25. The van der Waals surface area contributed by atoms with Crippen molar-refractivity contribution < 1.29 is 13.2 Å². The van der Waals surface area contributed by atoms with Gasteiger partial charge in [0.05, 0.1) is 17.0 Å². The van der Waals surface area contributed by atoms with E-state index in [0.29, 0.717) is 24.8 Å². The van der Waals surface area contributed by atoms with E-state index in [1.165, 1.54) is 0 Å². The topological polar surface area (TPSA) is 108 Å². The summed E-state index contributed by atoms with van der Waals surface area (Å²) in [5.41, 5.74) is 4.88. The summed E-state index contributed by atoms with van der Waals surface area (Å²) in [6.07, 6.45) is 3.03. The Hall–Kier alpha value is -0.620. The van der Waals surface area contributed by atoms with Crippen molar-refractivity contribution in [3.63, 3.8) is 0 Å². The smallest absolute Gasteiger partial charge is 0.237 e. The van der Waals surface area contributed by atoms with Crippen LogP contribution in [0.1, 0.15) is 33.1 Å². The summed E-state index contributed by atoms with van der Waals surface area (Å²) >= 11 is 0. The van der Waals surface area contributed by atoms with Gasteiger partial charge in [0, 0.05) is 38.8 Å². The van der Waals surface area contributed by atoms with E-state index in [-0.39, 0.29) is 41.6 Å². The molecule has 1 saturated carbocycles. The van der Waals surface area contributed by atoms with Crippen LogP contribution in [0.2, 0.25) is 0 Å². The van der Waals surface area contributed by atoms with Crippen molar-refractivity contribution in [3.05, 3.63) is 0 Å². The van der Waals surface area contributed by atoms with E-state index in [2.05, 4.69) is 15.1 Å². The third kappa shape index (κ3) is 5.93. The number of sulfone groups is 1. The molecule has 1 amide bonds. The summed E-state index contributed by atoms with van der Waals surface area (Å²) in [6, 6.07) is 0.487. The number of carbonyl (C=O) groups excluding carboxylic acids is 1. The zero-order valence-corrected chi connectivity index (χ0v) is 19.3. The third-order valence-corrected chi connectivity index (χ3v) is 7.55. The Kier molecular flexibility index (Phi) is 7.40. The fourth-order valence-electron chi connectivity index (χ4n) is 3.51. The lowest BCUT2D eigenvalue weighted by Crippen LogP contribution is -2.61. The lowest BCUT2D eigenvalue weighted by atomic mass is 10.0. The predicted octanol–water partition coefficient (Wildman–Crippen LogP) is 0.0286. The zero-order valence-electron chi connectivity index (χ0n) is 16.2. The van der Waals surface area contributed by atoms with Crippen molar-refractivity contribution in [1.82, 2.24) is 15.1 Å². The van der Waals surface area contributed by atoms with Gasteiger partial charge in [-0.3, -0.25) is 14.7 Å². The largest absolute Gasteiger partial charge is 0.368 e. The van der Waals surface area contributed by atoms with Crippen LogP contribution in [0.25, 0.3) is 0 Å². The van der Waals surface area contributed by atoms with Crippen LogP contribution in [0.15, 0.2) is 4.99 Å². The van der Waals surface area contributed by atoms with E-state index >= 15 is 0 Å². The molecule has 0 bridgehead atoms. The van der Waals surface area contributed by atoms with Crippen LogP contribution in [-0.2, 0) is 14.6 Å². The van der Waals surface area contributed by atoms with Gasteiger partial charge in [-0.25, -0.2) is 8.42 Å². The molecule has 8 nitrogen and oxygen atoms in total. The molecule has 2 heterocycles. The van der Waals surface area contributed by atoms with Crippen LogP contribution < -0.4 is 11.1 Å². The SMILES string of the molecule is CC(C)(C(N)=O)N1CCN(C(=NCC2CCS(=O)(=O)C2)NC2CC2)CC1.I. The van der Waals surface area contributed by atoms with Crippen LogP contribution in [-0.4, -0.2) is 85.9 Å². The summed E-state index contributed by atoms with van der Waals surface area (Å²) < 4.78 is 23.3. The molecular weight excluding hydrogens is 481 g/mol. The van der Waals surface area contributed by atoms with Crippen LogP contribution >= 0.6 is 24.0 Å². The number of guanidine groups is 1. The van der Waals surface area contributed by atoms with Gasteiger partial charge in [-0.2, -0.15) is 0 Å². The maximum Gasteiger partial charge on any atom is 0.237 e. The number of aliphatic imine (C=N–C) groups is 1. The number of hydrogen-bond acceptors (Lipinski definition) is 5. The highest BCUT2D eigenvalue weighted by Crippen LogP contribution is 2.22. The Bertz CT molecular complexity index is 670. The quantitative estimate of drug-likeness (QED) is 0.305. The van der Waals surface area contributed by atoms with Gasteiger partial charge in [-0.05, 0) is 39.0 Å². The number of amides is 1. The number of primary amides is 1. The second kappa shape index (κ2) is 8.81. The Morgan fingerprint density at radius 1 is 1.19 bits per heavy atom. The number of nitrogens with one attached hydrogen (secondary N) is 1. The molecule has 2 aliphatic heterocycles. The second-order valence-corrected chi connectivity index (χ2v) is 10.5. The van der Waals surface area contributed by atoms with Gasteiger partial charge in [-0.1, -0.05) is 0 Å². The number of hydrogen-bond donors (Lipinski definition) is 2. The highest BCUT2D eigenvalue weighted by atomic mass is 127. The summed E-state index contributed by atoms with van der Waals surface area (Å²) in [5, 5.41) is 3.50. The van der Waals surface area contributed by atoms with Gasteiger partial charge in [0.1, 0.15) is 0 Å². The molecule has 2 saturated heterocycles. The molecule has 156 valence electrons. The first-order valence-corrected chi connectivity index (χ1v) is 11.3. The maximum absolute atomic E-state index is 11.7. The van der Waals surface area contributed by atoms with Gasteiger partial charge in [0.15, 0.2) is 15.8 Å². The van der Waals surface area contributed by atoms with E-state index in [1.807, 2.05) is 13.8 Å². The lowest BCUT2D eigenvalue weighted by Gasteiger charge is -2.43. The van der Waals surface area contributed by atoms with E-state index in [1.54, 1.807) is 0 Å². The molecule has 1 atom stereocenters. The highest BCUT2D eigenvalue weighted by molar-refractivity contribution is 14.0. The van der Waals surface area contributed by atoms with Crippen molar-refractivity contribution in [2.24, 2.45) is 16.6 Å². The van der Waals surface area contributed by atoms with E-state index < -0.39 is 15.4 Å². The Balaban J connectivity index is 0.00000261. The molecule has 27 heavy (non-hydrogen) atoms. The average Bonchev–Trinajstić information content (AvgIpc) is 3.33. The predicted molar refractivity (Wildman–Crippen MR) is 117 cm³/mol. The van der Waals surface area contributed by atoms with Crippen LogP contribution in [0, 0.1) is 5.92 Å². The molecule has 0 aromatic rings. The molecule has 0 radical (unpaired) electrons. The van der Waals surface area contributed by atoms with Gasteiger partial charge in [0.2, 0.25) is 5.91 Å². The van der Waals surface area contributed by atoms with Gasteiger partial charge in [0.25, 0.3) is 0 Å². The number of nitrogens with zero attached hydrogens (tertiary/aromatic N) is 3. The summed E-state index contributed by atoms with van der Waals surface area (Å²) in [7, 11) is -2.86. The Labute approximate surface area is 179 Å². The zero-order chi connectivity index (χ0) is 18.9. The molecule has 3 aliphatic rings. The number of halogens is 1. The van der Waals surface area contributed by atoms with Crippen molar-refractivity contribution in [2.75, 3.05) is 44.2 Å². The minimum Gasteiger partial charge on any atom is -0.368 e. The van der Waals surface area contributed by atoms with Gasteiger partial charge in [-0.15, -0.1) is 24.0 Å². The standard InChI is InChI=1S/C17H31N5O3S.HI/c1-17(2,15(18)23)22-8-6-21(7-9-22)16(20-14-3-4-14)19-11-13-5-10-26(24,25)12-13;/h13-14H,3-12H2,1-2H3,(H2,18,23)(H,19,20);1H. The highest BCUT2D eigenvalue weighted by Gasteiger charge is 2.36. The number of carbonyl (C=O) groups is 1.